The summed E-state index contributed by atoms with van der Waals surface area (Å²) >= 11 is 0. The van der Waals surface area contributed by atoms with Crippen molar-refractivity contribution in [3.05, 3.63) is 0 Å². The highest BCUT2D eigenvalue weighted by Gasteiger charge is 2.55. The van der Waals surface area contributed by atoms with Crippen molar-refractivity contribution in [2.75, 3.05) is 19.7 Å². The van der Waals surface area contributed by atoms with Gasteiger partial charge in [-0.1, -0.05) is 33.1 Å². The Labute approximate surface area is 186 Å². The highest BCUT2D eigenvalue weighted by Crippen LogP contribution is 2.60. The number of ether oxygens (including phenoxy) is 1. The Morgan fingerprint density at radius 2 is 1.42 bits per heavy atom. The number of nitrogens with zero attached hydrogens (tertiary/aromatic N) is 1. The Bertz CT molecular complexity index is 646. The maximum absolute atomic E-state index is 13.4. The van der Waals surface area contributed by atoms with Crippen LogP contribution in [0.25, 0.3) is 0 Å². The molecule has 0 unspecified atom stereocenters. The van der Waals surface area contributed by atoms with E-state index < -0.39 is 12.0 Å². The molecule has 4 bridgehead atoms. The average molecular weight is 433 g/mol. The third-order valence-corrected chi connectivity index (χ3v) is 8.27. The summed E-state index contributed by atoms with van der Waals surface area (Å²) in [6.45, 7) is 5.10. The quantitative estimate of drug-likeness (QED) is 0.650. The molecule has 1 aliphatic heterocycles. The molecule has 0 radical (unpaired) electrons. The van der Waals surface area contributed by atoms with Gasteiger partial charge >= 0.3 is 5.97 Å². The summed E-state index contributed by atoms with van der Waals surface area (Å²) in [6, 6.07) is -0.694. The molecule has 4 aliphatic carbocycles. The molecule has 1 N–H and O–H groups in total. The van der Waals surface area contributed by atoms with Crippen LogP contribution in [0.1, 0.15) is 84.5 Å². The van der Waals surface area contributed by atoms with Crippen LogP contribution >= 0.6 is 0 Å². The molecule has 1 heterocycles. The van der Waals surface area contributed by atoms with Crippen LogP contribution in [0.5, 0.6) is 0 Å². The highest BCUT2D eigenvalue weighted by atomic mass is 16.5. The van der Waals surface area contributed by atoms with Crippen molar-refractivity contribution < 1.29 is 19.1 Å². The smallest absolute Gasteiger partial charge is 0.329 e. The van der Waals surface area contributed by atoms with Crippen LogP contribution in [0.3, 0.4) is 0 Å². The zero-order valence-electron chi connectivity index (χ0n) is 19.4. The predicted molar refractivity (Wildman–Crippen MR) is 118 cm³/mol. The van der Waals surface area contributed by atoms with Crippen LogP contribution in [0, 0.1) is 29.1 Å². The first-order valence-corrected chi connectivity index (χ1v) is 12.6. The first-order chi connectivity index (χ1) is 14.9. The van der Waals surface area contributed by atoms with E-state index in [1.54, 1.807) is 0 Å². The Morgan fingerprint density at radius 3 is 1.94 bits per heavy atom. The molecule has 2 amide bonds. The summed E-state index contributed by atoms with van der Waals surface area (Å²) < 4.78 is 5.43. The van der Waals surface area contributed by atoms with E-state index in [2.05, 4.69) is 5.32 Å². The molecule has 174 valence electrons. The van der Waals surface area contributed by atoms with Gasteiger partial charge in [-0.15, -0.1) is 0 Å². The van der Waals surface area contributed by atoms with Crippen LogP contribution in [0.15, 0.2) is 0 Å². The number of esters is 1. The van der Waals surface area contributed by atoms with Gasteiger partial charge in [-0.05, 0) is 75.0 Å². The van der Waals surface area contributed by atoms with E-state index in [4.69, 9.17) is 4.74 Å². The van der Waals surface area contributed by atoms with Crippen LogP contribution in [-0.2, 0) is 19.1 Å². The van der Waals surface area contributed by atoms with Crippen molar-refractivity contribution in [1.82, 2.24) is 10.2 Å². The van der Waals surface area contributed by atoms with Crippen molar-refractivity contribution in [1.29, 1.82) is 0 Å². The first-order valence-electron chi connectivity index (χ1n) is 12.6. The summed E-state index contributed by atoms with van der Waals surface area (Å²) in [5.41, 5.74) is -0.289. The fourth-order valence-electron chi connectivity index (χ4n) is 6.99. The lowest BCUT2D eigenvalue weighted by atomic mass is 9.49. The zero-order chi connectivity index (χ0) is 22.0. The maximum Gasteiger partial charge on any atom is 0.329 e. The van der Waals surface area contributed by atoms with Crippen molar-refractivity contribution in [3.63, 3.8) is 0 Å². The number of hydrogen-bond acceptors (Lipinski definition) is 4. The summed E-state index contributed by atoms with van der Waals surface area (Å²) in [4.78, 5) is 40.6. The Balaban J connectivity index is 1.32. The van der Waals surface area contributed by atoms with E-state index in [0.29, 0.717) is 17.8 Å². The van der Waals surface area contributed by atoms with E-state index in [1.165, 1.54) is 25.7 Å². The molecule has 5 rings (SSSR count). The normalized spacial score (nSPS) is 33.5. The van der Waals surface area contributed by atoms with Crippen LogP contribution in [-0.4, -0.2) is 48.4 Å². The van der Waals surface area contributed by atoms with Gasteiger partial charge < -0.3 is 15.0 Å². The molecule has 1 atom stereocenters. The monoisotopic (exact) mass is 432 g/mol. The fraction of sp³-hybridized carbons (Fsp3) is 0.880. The molecule has 0 aromatic heterocycles. The Kier molecular flexibility index (Phi) is 6.92. The van der Waals surface area contributed by atoms with Crippen molar-refractivity contribution in [3.8, 4) is 0 Å². The minimum atomic E-state index is -0.694. The lowest BCUT2D eigenvalue weighted by molar-refractivity contribution is -0.158. The third-order valence-electron chi connectivity index (χ3n) is 8.27. The lowest BCUT2D eigenvalue weighted by Crippen LogP contribution is -2.57. The summed E-state index contributed by atoms with van der Waals surface area (Å²) in [5, 5.41) is 3.06. The Hall–Kier alpha value is -1.59. The van der Waals surface area contributed by atoms with Gasteiger partial charge in [-0.25, -0.2) is 4.79 Å². The maximum atomic E-state index is 13.4. The lowest BCUT2D eigenvalue weighted by Gasteiger charge is -2.55. The summed E-state index contributed by atoms with van der Waals surface area (Å²) in [7, 11) is 0. The molecule has 4 saturated carbocycles. The second kappa shape index (κ2) is 9.50. The van der Waals surface area contributed by atoms with Gasteiger partial charge in [-0.2, -0.15) is 0 Å². The number of amides is 2. The summed E-state index contributed by atoms with van der Waals surface area (Å²) in [6.07, 6.45) is 12.3. The SMILES string of the molecule is CC(C)[C@@H](NC(=O)C12CC3CC(CC(C3)C1)C2)C(=O)OCC(=O)N1CCCCCCC1. The van der Waals surface area contributed by atoms with Crippen molar-refractivity contribution >= 4 is 17.8 Å². The summed E-state index contributed by atoms with van der Waals surface area (Å²) in [5.74, 6) is 1.39. The minimum Gasteiger partial charge on any atom is -0.454 e. The molecule has 5 aliphatic rings. The Morgan fingerprint density at radius 1 is 0.903 bits per heavy atom. The van der Waals surface area contributed by atoms with Gasteiger partial charge in [0.1, 0.15) is 6.04 Å². The van der Waals surface area contributed by atoms with E-state index in [1.807, 2.05) is 18.7 Å². The van der Waals surface area contributed by atoms with Gasteiger partial charge in [0.25, 0.3) is 5.91 Å². The standard InChI is InChI=1S/C25H40N2O4/c1-17(2)22(23(29)31-16-21(28)27-8-6-4-3-5-7-9-27)26-24(30)25-13-18-10-19(14-25)12-20(11-18)15-25/h17-20,22H,3-16H2,1-2H3,(H,26,30)/t18?,19?,20?,22-,25?/m1/s1. The van der Waals surface area contributed by atoms with Gasteiger partial charge in [0.2, 0.25) is 5.91 Å². The average Bonchev–Trinajstić information content (AvgIpc) is 2.68. The fourth-order valence-corrected chi connectivity index (χ4v) is 6.99. The van der Waals surface area contributed by atoms with Gasteiger partial charge in [-0.3, -0.25) is 9.59 Å². The molecule has 31 heavy (non-hydrogen) atoms. The van der Waals surface area contributed by atoms with Crippen LogP contribution < -0.4 is 5.32 Å². The second-order valence-electron chi connectivity index (χ2n) is 11.1. The zero-order valence-corrected chi connectivity index (χ0v) is 19.4. The predicted octanol–water partition coefficient (Wildman–Crippen LogP) is 3.68. The largest absolute Gasteiger partial charge is 0.454 e. The number of rotatable bonds is 6. The number of carbonyl (C=O) groups is 3. The number of carbonyl (C=O) groups excluding carboxylic acids is 3. The molecular formula is C25H40N2O4. The van der Waals surface area contributed by atoms with E-state index in [0.717, 1.165) is 58.0 Å². The van der Waals surface area contributed by atoms with Crippen LogP contribution in [0.2, 0.25) is 0 Å². The van der Waals surface area contributed by atoms with E-state index in [9.17, 15) is 14.4 Å². The topological polar surface area (TPSA) is 75.7 Å². The van der Waals surface area contributed by atoms with Crippen molar-refractivity contribution in [2.24, 2.45) is 29.1 Å². The van der Waals surface area contributed by atoms with E-state index in [-0.39, 0.29) is 29.8 Å². The molecule has 0 aromatic rings. The first kappa shape index (κ1) is 22.6. The molecule has 6 heteroatoms. The molecule has 0 spiro atoms. The van der Waals surface area contributed by atoms with E-state index >= 15 is 0 Å². The van der Waals surface area contributed by atoms with Crippen molar-refractivity contribution in [2.45, 2.75) is 90.5 Å². The van der Waals surface area contributed by atoms with Gasteiger partial charge in [0.15, 0.2) is 6.61 Å². The molecule has 0 aromatic carbocycles. The molecular weight excluding hydrogens is 392 g/mol. The highest BCUT2D eigenvalue weighted by molar-refractivity contribution is 5.89. The molecule has 1 saturated heterocycles. The minimum absolute atomic E-state index is 0.0392. The van der Waals surface area contributed by atoms with Gasteiger partial charge in [0, 0.05) is 18.5 Å². The van der Waals surface area contributed by atoms with Gasteiger partial charge in [0.05, 0.1) is 0 Å². The van der Waals surface area contributed by atoms with Crippen LogP contribution in [0.4, 0.5) is 0 Å². The number of nitrogens with one attached hydrogen (secondary N) is 1. The second-order valence-corrected chi connectivity index (χ2v) is 11.1. The molecule has 6 nitrogen and oxygen atoms in total. The molecule has 5 fully saturated rings. The number of likely N-dealkylation sites (tertiary alicyclic amines) is 1. The number of hydrogen-bond donors (Lipinski definition) is 1. The third kappa shape index (κ3) is 5.09.